The van der Waals surface area contributed by atoms with Crippen LogP contribution in [0.5, 0.6) is 0 Å². The molecule has 0 aromatic carbocycles. The van der Waals surface area contributed by atoms with Crippen LogP contribution in [0.4, 0.5) is 0 Å². The molecule has 0 radical (unpaired) electrons. The molecule has 0 spiro atoms. The molecule has 70 valence electrons. The molecule has 1 rings (SSSR count). The molecule has 0 bridgehead atoms. The van der Waals surface area contributed by atoms with Crippen molar-refractivity contribution in [3.63, 3.8) is 0 Å². The minimum absolute atomic E-state index is 0.642. The van der Waals surface area contributed by atoms with Crippen LogP contribution in [-0.4, -0.2) is 8.07 Å². The Kier molecular flexibility index (Phi) is 2.53. The van der Waals surface area contributed by atoms with Crippen LogP contribution >= 0.6 is 0 Å². The third-order valence-corrected chi connectivity index (χ3v) is 7.11. The standard InChI is InChI=1S/C11H22Si/c1-6-7-8-11(9-10(11)2)12(3,4)5/h2,6-9H2,1,3-5H3. The highest BCUT2D eigenvalue weighted by Crippen LogP contribution is 2.67. The van der Waals surface area contributed by atoms with Gasteiger partial charge in [0.15, 0.2) is 0 Å². The molecule has 0 amide bonds. The molecule has 1 aliphatic carbocycles. The van der Waals surface area contributed by atoms with Crippen molar-refractivity contribution in [1.82, 2.24) is 0 Å². The lowest BCUT2D eigenvalue weighted by Crippen LogP contribution is -2.29. The van der Waals surface area contributed by atoms with Crippen LogP contribution in [0.15, 0.2) is 12.2 Å². The van der Waals surface area contributed by atoms with Crippen LogP contribution < -0.4 is 0 Å². The van der Waals surface area contributed by atoms with Gasteiger partial charge in [0.25, 0.3) is 0 Å². The molecule has 1 unspecified atom stereocenters. The largest absolute Gasteiger partial charge is 0.0996 e. The van der Waals surface area contributed by atoms with Crippen molar-refractivity contribution in [2.45, 2.75) is 57.3 Å². The number of hydrogen-bond acceptors (Lipinski definition) is 0. The summed E-state index contributed by atoms with van der Waals surface area (Å²) in [5, 5.41) is 0.642. The van der Waals surface area contributed by atoms with Crippen molar-refractivity contribution in [2.24, 2.45) is 0 Å². The van der Waals surface area contributed by atoms with E-state index in [4.69, 9.17) is 0 Å². The molecule has 0 saturated heterocycles. The molecule has 0 aromatic rings. The van der Waals surface area contributed by atoms with Gasteiger partial charge >= 0.3 is 0 Å². The third kappa shape index (κ3) is 1.52. The van der Waals surface area contributed by atoms with Crippen molar-refractivity contribution in [3.8, 4) is 0 Å². The summed E-state index contributed by atoms with van der Waals surface area (Å²) in [5.74, 6) is 0. The molecular formula is C11H22Si. The smallest absolute Gasteiger partial charge is 0.0556 e. The Morgan fingerprint density at radius 2 is 1.92 bits per heavy atom. The minimum Gasteiger partial charge on any atom is -0.0996 e. The summed E-state index contributed by atoms with van der Waals surface area (Å²) in [6, 6.07) is 0. The molecule has 1 aliphatic rings. The van der Waals surface area contributed by atoms with Gasteiger partial charge in [0.1, 0.15) is 0 Å². The van der Waals surface area contributed by atoms with Gasteiger partial charge in [0.2, 0.25) is 0 Å². The van der Waals surface area contributed by atoms with Crippen molar-refractivity contribution < 1.29 is 0 Å². The minimum atomic E-state index is -0.974. The van der Waals surface area contributed by atoms with Crippen LogP contribution in [0.25, 0.3) is 0 Å². The maximum absolute atomic E-state index is 4.17. The van der Waals surface area contributed by atoms with E-state index in [0.29, 0.717) is 5.04 Å². The zero-order chi connectivity index (χ0) is 9.41. The summed E-state index contributed by atoms with van der Waals surface area (Å²) in [4.78, 5) is 0. The average Bonchev–Trinajstić information content (AvgIpc) is 2.57. The van der Waals surface area contributed by atoms with E-state index >= 15 is 0 Å². The van der Waals surface area contributed by atoms with E-state index in [-0.39, 0.29) is 0 Å². The Morgan fingerprint density at radius 1 is 1.42 bits per heavy atom. The highest BCUT2D eigenvalue weighted by atomic mass is 28.3. The lowest BCUT2D eigenvalue weighted by molar-refractivity contribution is 0.665. The molecule has 0 nitrogen and oxygen atoms in total. The van der Waals surface area contributed by atoms with E-state index in [1.54, 1.807) is 5.57 Å². The van der Waals surface area contributed by atoms with Crippen LogP contribution in [0.3, 0.4) is 0 Å². The zero-order valence-electron chi connectivity index (χ0n) is 9.04. The quantitative estimate of drug-likeness (QED) is 0.451. The van der Waals surface area contributed by atoms with Gasteiger partial charge in [-0.25, -0.2) is 0 Å². The van der Waals surface area contributed by atoms with Gasteiger partial charge in [-0.15, -0.1) is 0 Å². The van der Waals surface area contributed by atoms with Gasteiger partial charge in [0.05, 0.1) is 8.07 Å². The highest BCUT2D eigenvalue weighted by Gasteiger charge is 2.55. The molecule has 1 heteroatoms. The second-order valence-corrected chi connectivity index (χ2v) is 10.7. The lowest BCUT2D eigenvalue weighted by atomic mass is 10.2. The van der Waals surface area contributed by atoms with Crippen molar-refractivity contribution >= 4 is 8.07 Å². The normalized spacial score (nSPS) is 29.2. The van der Waals surface area contributed by atoms with Crippen LogP contribution in [0.2, 0.25) is 24.7 Å². The maximum atomic E-state index is 4.17. The van der Waals surface area contributed by atoms with Gasteiger partial charge in [-0.1, -0.05) is 51.6 Å². The molecule has 1 atom stereocenters. The first-order valence-electron chi connectivity index (χ1n) is 5.12. The van der Waals surface area contributed by atoms with Gasteiger partial charge in [0, 0.05) is 0 Å². The van der Waals surface area contributed by atoms with Crippen LogP contribution in [0, 0.1) is 0 Å². The number of unbranched alkanes of at least 4 members (excludes halogenated alkanes) is 1. The Hall–Kier alpha value is -0.0431. The fourth-order valence-electron chi connectivity index (χ4n) is 2.23. The molecule has 0 aliphatic heterocycles. The summed E-state index contributed by atoms with van der Waals surface area (Å²) in [5.41, 5.74) is 1.55. The first-order valence-corrected chi connectivity index (χ1v) is 8.62. The average molecular weight is 182 g/mol. The van der Waals surface area contributed by atoms with Gasteiger partial charge in [-0.2, -0.15) is 0 Å². The first kappa shape index (κ1) is 10.0. The lowest BCUT2D eigenvalue weighted by Gasteiger charge is -2.28. The summed E-state index contributed by atoms with van der Waals surface area (Å²) < 4.78 is 0. The summed E-state index contributed by atoms with van der Waals surface area (Å²) in [6.45, 7) is 13.9. The molecule has 0 N–H and O–H groups in total. The highest BCUT2D eigenvalue weighted by molar-refractivity contribution is 6.81. The Bertz CT molecular complexity index is 188. The van der Waals surface area contributed by atoms with Crippen molar-refractivity contribution in [1.29, 1.82) is 0 Å². The van der Waals surface area contributed by atoms with Crippen molar-refractivity contribution in [2.75, 3.05) is 0 Å². The predicted molar refractivity (Wildman–Crippen MR) is 59.3 cm³/mol. The van der Waals surface area contributed by atoms with Crippen LogP contribution in [-0.2, 0) is 0 Å². The number of hydrogen-bond donors (Lipinski definition) is 0. The van der Waals surface area contributed by atoms with E-state index in [2.05, 4.69) is 33.1 Å². The zero-order valence-corrected chi connectivity index (χ0v) is 10.0. The van der Waals surface area contributed by atoms with Gasteiger partial charge in [-0.05, 0) is 17.9 Å². The topological polar surface area (TPSA) is 0 Å². The monoisotopic (exact) mass is 182 g/mol. The van der Waals surface area contributed by atoms with Gasteiger partial charge in [-0.3, -0.25) is 0 Å². The third-order valence-electron chi connectivity index (χ3n) is 3.46. The second kappa shape index (κ2) is 3.02. The van der Waals surface area contributed by atoms with Crippen molar-refractivity contribution in [3.05, 3.63) is 12.2 Å². The predicted octanol–water partition coefficient (Wildman–Crippen LogP) is 4.22. The fourth-order valence-corrected chi connectivity index (χ4v) is 4.97. The second-order valence-electron chi connectivity index (χ2n) is 5.22. The maximum Gasteiger partial charge on any atom is 0.0556 e. The van der Waals surface area contributed by atoms with Crippen LogP contribution in [0.1, 0.15) is 32.6 Å². The Labute approximate surface area is 78.1 Å². The fraction of sp³-hybridized carbons (Fsp3) is 0.818. The van der Waals surface area contributed by atoms with E-state index in [1.807, 2.05) is 0 Å². The SMILES string of the molecule is C=C1CC1(CCCC)[Si](C)(C)C. The molecule has 1 fully saturated rings. The molecule has 12 heavy (non-hydrogen) atoms. The molecule has 0 aromatic heterocycles. The number of allylic oxidation sites excluding steroid dienone is 1. The summed E-state index contributed by atoms with van der Waals surface area (Å²) >= 11 is 0. The molecule has 1 saturated carbocycles. The van der Waals surface area contributed by atoms with E-state index in [0.717, 1.165) is 0 Å². The number of rotatable bonds is 4. The summed E-state index contributed by atoms with van der Waals surface area (Å²) in [7, 11) is -0.974. The molecule has 0 heterocycles. The summed E-state index contributed by atoms with van der Waals surface area (Å²) in [6.07, 6.45) is 5.48. The van der Waals surface area contributed by atoms with Gasteiger partial charge < -0.3 is 0 Å². The first-order chi connectivity index (χ1) is 5.44. The van der Waals surface area contributed by atoms with E-state index < -0.39 is 8.07 Å². The Balaban J connectivity index is 2.60. The van der Waals surface area contributed by atoms with E-state index in [9.17, 15) is 0 Å². The van der Waals surface area contributed by atoms with E-state index in [1.165, 1.54) is 25.7 Å². The Morgan fingerprint density at radius 3 is 2.17 bits per heavy atom. The molecular weight excluding hydrogens is 160 g/mol.